The molecule has 0 aromatic carbocycles. The van der Waals surface area contributed by atoms with Crippen molar-refractivity contribution in [2.45, 2.75) is 13.3 Å². The molecule has 0 unspecified atom stereocenters. The van der Waals surface area contributed by atoms with Gasteiger partial charge in [0.2, 0.25) is 12.1 Å². The van der Waals surface area contributed by atoms with Crippen molar-refractivity contribution in [1.82, 2.24) is 15.0 Å². The Balaban J connectivity index is 2.01. The molecule has 0 amide bonds. The van der Waals surface area contributed by atoms with Crippen LogP contribution in [0.3, 0.4) is 0 Å². The molecule has 2 aromatic rings. The Morgan fingerprint density at radius 2 is 2.44 bits per heavy atom. The van der Waals surface area contributed by atoms with Gasteiger partial charge in [-0.1, -0.05) is 11.9 Å². The molecule has 0 aliphatic heterocycles. The van der Waals surface area contributed by atoms with Crippen molar-refractivity contribution in [3.8, 4) is 0 Å². The average Bonchev–Trinajstić information content (AvgIpc) is 2.77. The Kier molecular flexibility index (Phi) is 3.31. The SMILES string of the molecule is C[C@H](CO)CCNc1[nH+]cnc2nc[nH]c12. The van der Waals surface area contributed by atoms with Crippen LogP contribution in [0.15, 0.2) is 12.7 Å². The fourth-order valence-corrected chi connectivity index (χ4v) is 1.47. The molecule has 0 aliphatic rings. The summed E-state index contributed by atoms with van der Waals surface area (Å²) in [6.07, 6.45) is 4.15. The molecule has 6 nitrogen and oxygen atoms in total. The number of imidazole rings is 1. The number of H-pyrrole nitrogens is 2. The summed E-state index contributed by atoms with van der Waals surface area (Å²) in [7, 11) is 0. The van der Waals surface area contributed by atoms with Crippen molar-refractivity contribution < 1.29 is 10.1 Å². The second-order valence-electron chi connectivity index (χ2n) is 3.88. The normalized spacial score (nSPS) is 12.9. The molecule has 4 N–H and O–H groups in total. The van der Waals surface area contributed by atoms with Crippen LogP contribution in [0.4, 0.5) is 5.82 Å². The van der Waals surface area contributed by atoms with Gasteiger partial charge < -0.3 is 15.4 Å². The summed E-state index contributed by atoms with van der Waals surface area (Å²) in [5, 5.41) is 12.2. The second kappa shape index (κ2) is 4.89. The summed E-state index contributed by atoms with van der Waals surface area (Å²) < 4.78 is 0. The van der Waals surface area contributed by atoms with Crippen molar-refractivity contribution in [3.63, 3.8) is 0 Å². The van der Waals surface area contributed by atoms with E-state index in [0.717, 1.165) is 24.3 Å². The maximum absolute atomic E-state index is 8.91. The molecule has 86 valence electrons. The van der Waals surface area contributed by atoms with E-state index in [4.69, 9.17) is 5.11 Å². The lowest BCUT2D eigenvalue weighted by molar-refractivity contribution is -0.364. The average molecular weight is 222 g/mol. The van der Waals surface area contributed by atoms with Gasteiger partial charge in [0, 0.05) is 6.61 Å². The number of rotatable bonds is 5. The van der Waals surface area contributed by atoms with Gasteiger partial charge in [0.05, 0.1) is 12.9 Å². The van der Waals surface area contributed by atoms with Gasteiger partial charge in [0.1, 0.15) is 0 Å². The minimum absolute atomic E-state index is 0.223. The molecular weight excluding hydrogens is 206 g/mol. The number of nitrogens with one attached hydrogen (secondary N) is 3. The Bertz CT molecular complexity index is 455. The van der Waals surface area contributed by atoms with Gasteiger partial charge in [-0.3, -0.25) is 0 Å². The maximum atomic E-state index is 8.91. The zero-order valence-electron chi connectivity index (χ0n) is 9.20. The van der Waals surface area contributed by atoms with Gasteiger partial charge in [-0.2, -0.15) is 0 Å². The van der Waals surface area contributed by atoms with Crippen molar-refractivity contribution in [1.29, 1.82) is 0 Å². The van der Waals surface area contributed by atoms with E-state index in [2.05, 4.69) is 25.3 Å². The smallest absolute Gasteiger partial charge is 0.260 e. The van der Waals surface area contributed by atoms with Crippen LogP contribution < -0.4 is 10.3 Å². The standard InChI is InChI=1S/C10H15N5O/c1-7(4-16)2-3-11-9-8-10(13-5-12-8)15-6-14-9/h5-7,16H,2-4H2,1H3,(H2,11,12,13,14,15)/p+1/t7-/m0/s1. The van der Waals surface area contributed by atoms with E-state index >= 15 is 0 Å². The minimum Gasteiger partial charge on any atom is -0.396 e. The summed E-state index contributed by atoms with van der Waals surface area (Å²) in [5.74, 6) is 1.19. The first-order valence-corrected chi connectivity index (χ1v) is 5.35. The van der Waals surface area contributed by atoms with Crippen LogP contribution in [0.25, 0.3) is 11.2 Å². The van der Waals surface area contributed by atoms with E-state index in [1.165, 1.54) is 0 Å². The fraction of sp³-hybridized carbons (Fsp3) is 0.500. The van der Waals surface area contributed by atoms with E-state index in [1.54, 1.807) is 12.7 Å². The highest BCUT2D eigenvalue weighted by atomic mass is 16.3. The van der Waals surface area contributed by atoms with E-state index in [9.17, 15) is 0 Å². The highest BCUT2D eigenvalue weighted by Crippen LogP contribution is 2.11. The third-order valence-corrected chi connectivity index (χ3v) is 2.52. The second-order valence-corrected chi connectivity index (χ2v) is 3.88. The molecule has 2 aromatic heterocycles. The van der Waals surface area contributed by atoms with Gasteiger partial charge >= 0.3 is 0 Å². The van der Waals surface area contributed by atoms with Crippen LogP contribution in [0, 0.1) is 5.92 Å². The number of hydrogen-bond acceptors (Lipinski definition) is 4. The van der Waals surface area contributed by atoms with E-state index in [-0.39, 0.29) is 6.61 Å². The molecule has 2 heterocycles. The van der Waals surface area contributed by atoms with Gasteiger partial charge in [-0.05, 0) is 12.3 Å². The van der Waals surface area contributed by atoms with Crippen molar-refractivity contribution >= 4 is 17.0 Å². The third-order valence-electron chi connectivity index (χ3n) is 2.52. The van der Waals surface area contributed by atoms with Crippen molar-refractivity contribution in [2.24, 2.45) is 5.92 Å². The van der Waals surface area contributed by atoms with Crippen LogP contribution in [0.1, 0.15) is 13.3 Å². The van der Waals surface area contributed by atoms with E-state index in [1.807, 2.05) is 6.92 Å². The van der Waals surface area contributed by atoms with Crippen LogP contribution in [-0.2, 0) is 0 Å². The summed E-state index contributed by atoms with van der Waals surface area (Å²) in [6, 6.07) is 0. The van der Waals surface area contributed by atoms with Gasteiger partial charge in [-0.15, -0.1) is 0 Å². The minimum atomic E-state index is 0.223. The number of anilines is 1. The number of aliphatic hydroxyl groups is 1. The molecule has 6 heteroatoms. The first-order valence-electron chi connectivity index (χ1n) is 5.35. The van der Waals surface area contributed by atoms with E-state index in [0.29, 0.717) is 11.6 Å². The Hall–Kier alpha value is -1.69. The molecule has 0 saturated carbocycles. The predicted molar refractivity (Wildman–Crippen MR) is 59.8 cm³/mol. The molecular formula is C10H16N5O+. The van der Waals surface area contributed by atoms with Gasteiger partial charge in [0.25, 0.3) is 5.65 Å². The summed E-state index contributed by atoms with van der Waals surface area (Å²) in [6.45, 7) is 3.04. The van der Waals surface area contributed by atoms with Crippen molar-refractivity contribution in [2.75, 3.05) is 18.5 Å². The maximum Gasteiger partial charge on any atom is 0.260 e. The fourth-order valence-electron chi connectivity index (χ4n) is 1.47. The third kappa shape index (κ3) is 2.27. The van der Waals surface area contributed by atoms with Crippen LogP contribution in [0.5, 0.6) is 0 Å². The zero-order chi connectivity index (χ0) is 11.4. The molecule has 0 aliphatic carbocycles. The highest BCUT2D eigenvalue weighted by molar-refractivity contribution is 5.79. The first-order chi connectivity index (χ1) is 7.81. The molecule has 16 heavy (non-hydrogen) atoms. The van der Waals surface area contributed by atoms with E-state index < -0.39 is 0 Å². The number of fused-ring (bicyclic) bond motifs is 1. The quantitative estimate of drug-likeness (QED) is 0.674. The Morgan fingerprint density at radius 1 is 1.56 bits per heavy atom. The molecule has 0 spiro atoms. The van der Waals surface area contributed by atoms with Gasteiger partial charge in [-0.25, -0.2) is 9.97 Å². The molecule has 2 rings (SSSR count). The van der Waals surface area contributed by atoms with Crippen molar-refractivity contribution in [3.05, 3.63) is 12.7 Å². The van der Waals surface area contributed by atoms with Crippen LogP contribution in [0.2, 0.25) is 0 Å². The lowest BCUT2D eigenvalue weighted by Crippen LogP contribution is -2.17. The van der Waals surface area contributed by atoms with Crippen LogP contribution in [-0.4, -0.2) is 33.2 Å². The molecule has 0 fully saturated rings. The summed E-state index contributed by atoms with van der Waals surface area (Å²) in [4.78, 5) is 14.2. The lowest BCUT2D eigenvalue weighted by atomic mass is 10.1. The Morgan fingerprint density at radius 3 is 3.25 bits per heavy atom. The summed E-state index contributed by atoms with van der Waals surface area (Å²) >= 11 is 0. The molecule has 1 atom stereocenters. The molecule has 0 radical (unpaired) electrons. The number of aromatic amines is 2. The highest BCUT2D eigenvalue weighted by Gasteiger charge is 2.10. The number of nitrogens with zero attached hydrogens (tertiary/aromatic N) is 2. The molecule has 0 bridgehead atoms. The largest absolute Gasteiger partial charge is 0.396 e. The number of aliphatic hydroxyl groups excluding tert-OH is 1. The topological polar surface area (TPSA) is 88.0 Å². The summed E-state index contributed by atoms with van der Waals surface area (Å²) in [5.41, 5.74) is 1.57. The Labute approximate surface area is 93.1 Å². The first kappa shape index (κ1) is 10.8. The predicted octanol–water partition coefficient (Wildman–Crippen LogP) is 0.202. The zero-order valence-corrected chi connectivity index (χ0v) is 9.20. The van der Waals surface area contributed by atoms with Crippen LogP contribution >= 0.6 is 0 Å². The number of aromatic nitrogens is 4. The molecule has 0 saturated heterocycles. The number of hydrogen-bond donors (Lipinski definition) is 3. The lowest BCUT2D eigenvalue weighted by Gasteiger charge is -2.06. The van der Waals surface area contributed by atoms with Gasteiger partial charge in [0.15, 0.2) is 5.52 Å². The monoisotopic (exact) mass is 222 g/mol.